The van der Waals surface area contributed by atoms with Gasteiger partial charge in [-0.15, -0.1) is 0 Å². The number of carbonyl (C=O) groups is 1. The molecule has 82 valence electrons. The molecule has 0 saturated heterocycles. The van der Waals surface area contributed by atoms with Gasteiger partial charge in [0.2, 0.25) is 17.5 Å². The van der Waals surface area contributed by atoms with Crippen molar-refractivity contribution in [2.24, 2.45) is 0 Å². The fourth-order valence-corrected chi connectivity index (χ4v) is 1.28. The summed E-state index contributed by atoms with van der Waals surface area (Å²) in [5.74, 6) is 0.523. The van der Waals surface area contributed by atoms with Crippen molar-refractivity contribution in [1.82, 2.24) is 10.1 Å². The summed E-state index contributed by atoms with van der Waals surface area (Å²) in [6, 6.07) is 8.92. The smallest absolute Gasteiger partial charge is 0.243 e. The highest BCUT2D eigenvalue weighted by atomic mass is 16.5. The monoisotopic (exact) mass is 216 g/mol. The second kappa shape index (κ2) is 4.26. The SMILES string of the molecule is CC(C)c1nc(C(=O)c2ccccc2)no1. The predicted molar refractivity (Wildman–Crippen MR) is 58.3 cm³/mol. The molecule has 0 fully saturated rings. The Balaban J connectivity index is 2.28. The molecule has 0 aliphatic heterocycles. The van der Waals surface area contributed by atoms with Gasteiger partial charge in [-0.25, -0.2) is 0 Å². The van der Waals surface area contributed by atoms with Crippen LogP contribution in [0.5, 0.6) is 0 Å². The molecular weight excluding hydrogens is 204 g/mol. The third-order valence-electron chi connectivity index (χ3n) is 2.17. The van der Waals surface area contributed by atoms with Gasteiger partial charge in [-0.2, -0.15) is 4.98 Å². The van der Waals surface area contributed by atoms with Crippen molar-refractivity contribution in [3.63, 3.8) is 0 Å². The van der Waals surface area contributed by atoms with Crippen LogP contribution in [0.4, 0.5) is 0 Å². The standard InChI is InChI=1S/C12H12N2O2/c1-8(2)12-13-11(14-16-12)10(15)9-6-4-3-5-7-9/h3-8H,1-2H3. The molecule has 0 amide bonds. The first-order valence-electron chi connectivity index (χ1n) is 5.12. The molecular formula is C12H12N2O2. The number of hydrogen-bond donors (Lipinski definition) is 0. The zero-order valence-corrected chi connectivity index (χ0v) is 9.18. The molecule has 1 aromatic carbocycles. The van der Waals surface area contributed by atoms with E-state index in [4.69, 9.17) is 4.52 Å². The largest absolute Gasteiger partial charge is 0.339 e. The lowest BCUT2D eigenvalue weighted by Crippen LogP contribution is -2.03. The molecule has 16 heavy (non-hydrogen) atoms. The fourth-order valence-electron chi connectivity index (χ4n) is 1.28. The number of nitrogens with zero attached hydrogens (tertiary/aromatic N) is 2. The maximum Gasteiger partial charge on any atom is 0.243 e. The van der Waals surface area contributed by atoms with Crippen LogP contribution in [0, 0.1) is 0 Å². The summed E-state index contributed by atoms with van der Waals surface area (Å²) in [4.78, 5) is 16.0. The van der Waals surface area contributed by atoms with Crippen LogP contribution in [-0.4, -0.2) is 15.9 Å². The fraction of sp³-hybridized carbons (Fsp3) is 0.250. The summed E-state index contributed by atoms with van der Waals surface area (Å²) in [5, 5.41) is 3.68. The topological polar surface area (TPSA) is 56.0 Å². The van der Waals surface area contributed by atoms with E-state index in [-0.39, 0.29) is 17.5 Å². The van der Waals surface area contributed by atoms with Crippen LogP contribution in [0.1, 0.15) is 41.8 Å². The molecule has 0 aliphatic carbocycles. The van der Waals surface area contributed by atoms with Crippen molar-refractivity contribution in [3.05, 3.63) is 47.6 Å². The van der Waals surface area contributed by atoms with Crippen LogP contribution in [-0.2, 0) is 0 Å². The molecule has 1 heterocycles. The molecule has 0 aliphatic rings. The minimum Gasteiger partial charge on any atom is -0.339 e. The summed E-state index contributed by atoms with van der Waals surface area (Å²) < 4.78 is 4.99. The van der Waals surface area contributed by atoms with Gasteiger partial charge in [-0.05, 0) is 0 Å². The summed E-state index contributed by atoms with van der Waals surface area (Å²) >= 11 is 0. The average Bonchev–Trinajstić information content (AvgIpc) is 2.78. The summed E-state index contributed by atoms with van der Waals surface area (Å²) in [7, 11) is 0. The van der Waals surface area contributed by atoms with E-state index in [0.717, 1.165) is 0 Å². The van der Waals surface area contributed by atoms with Gasteiger partial charge in [0, 0.05) is 11.5 Å². The first-order chi connectivity index (χ1) is 7.68. The van der Waals surface area contributed by atoms with Crippen molar-refractivity contribution in [3.8, 4) is 0 Å². The minimum atomic E-state index is -0.212. The van der Waals surface area contributed by atoms with Crippen molar-refractivity contribution in [1.29, 1.82) is 0 Å². The quantitative estimate of drug-likeness (QED) is 0.739. The van der Waals surface area contributed by atoms with Gasteiger partial charge in [0.05, 0.1) is 0 Å². The molecule has 0 bridgehead atoms. The molecule has 2 aromatic rings. The van der Waals surface area contributed by atoms with Crippen molar-refractivity contribution >= 4 is 5.78 Å². The summed E-state index contributed by atoms with van der Waals surface area (Å²) in [5.41, 5.74) is 0.568. The Morgan fingerprint density at radius 2 is 1.94 bits per heavy atom. The van der Waals surface area contributed by atoms with Gasteiger partial charge in [0.15, 0.2) is 0 Å². The second-order valence-corrected chi connectivity index (χ2v) is 3.81. The average molecular weight is 216 g/mol. The molecule has 0 spiro atoms. The first kappa shape index (κ1) is 10.5. The number of rotatable bonds is 3. The van der Waals surface area contributed by atoms with Crippen LogP contribution in [0.3, 0.4) is 0 Å². The zero-order valence-electron chi connectivity index (χ0n) is 9.18. The Bertz CT molecular complexity index is 489. The number of aromatic nitrogens is 2. The Morgan fingerprint density at radius 3 is 2.50 bits per heavy atom. The van der Waals surface area contributed by atoms with E-state index in [9.17, 15) is 4.79 Å². The van der Waals surface area contributed by atoms with E-state index in [1.807, 2.05) is 19.9 Å². The van der Waals surface area contributed by atoms with Crippen LogP contribution < -0.4 is 0 Å². The van der Waals surface area contributed by atoms with Gasteiger partial charge in [-0.3, -0.25) is 4.79 Å². The van der Waals surface area contributed by atoms with E-state index in [1.54, 1.807) is 24.3 Å². The molecule has 1 aromatic heterocycles. The van der Waals surface area contributed by atoms with Crippen LogP contribution in [0.2, 0.25) is 0 Å². The minimum absolute atomic E-state index is 0.120. The Hall–Kier alpha value is -1.97. The van der Waals surface area contributed by atoms with E-state index in [2.05, 4.69) is 10.1 Å². The Labute approximate surface area is 93.3 Å². The highest BCUT2D eigenvalue weighted by Gasteiger charge is 2.17. The van der Waals surface area contributed by atoms with Crippen molar-refractivity contribution in [2.45, 2.75) is 19.8 Å². The van der Waals surface area contributed by atoms with Crippen LogP contribution >= 0.6 is 0 Å². The number of carbonyl (C=O) groups excluding carboxylic acids is 1. The van der Waals surface area contributed by atoms with Gasteiger partial charge < -0.3 is 4.52 Å². The van der Waals surface area contributed by atoms with E-state index < -0.39 is 0 Å². The van der Waals surface area contributed by atoms with Crippen molar-refractivity contribution in [2.75, 3.05) is 0 Å². The maximum absolute atomic E-state index is 11.9. The molecule has 0 radical (unpaired) electrons. The third-order valence-corrected chi connectivity index (χ3v) is 2.17. The van der Waals surface area contributed by atoms with Gasteiger partial charge >= 0.3 is 0 Å². The van der Waals surface area contributed by atoms with Gasteiger partial charge in [-0.1, -0.05) is 49.3 Å². The highest BCUT2D eigenvalue weighted by Crippen LogP contribution is 2.13. The molecule has 4 heteroatoms. The second-order valence-electron chi connectivity index (χ2n) is 3.81. The zero-order chi connectivity index (χ0) is 11.5. The highest BCUT2D eigenvalue weighted by molar-refractivity contribution is 6.06. The van der Waals surface area contributed by atoms with Crippen LogP contribution in [0.15, 0.2) is 34.9 Å². The Kier molecular flexibility index (Phi) is 2.81. The normalized spacial score (nSPS) is 10.7. The summed E-state index contributed by atoms with van der Waals surface area (Å²) in [6.07, 6.45) is 0. The van der Waals surface area contributed by atoms with Crippen molar-refractivity contribution < 1.29 is 9.32 Å². The number of ketones is 1. The van der Waals surface area contributed by atoms with E-state index in [0.29, 0.717) is 11.5 Å². The lowest BCUT2D eigenvalue weighted by molar-refractivity contribution is 0.102. The first-order valence-corrected chi connectivity index (χ1v) is 5.12. The number of benzene rings is 1. The Morgan fingerprint density at radius 1 is 1.25 bits per heavy atom. The van der Waals surface area contributed by atoms with Gasteiger partial charge in [0.25, 0.3) is 0 Å². The molecule has 0 N–H and O–H groups in total. The van der Waals surface area contributed by atoms with E-state index >= 15 is 0 Å². The molecule has 0 unspecified atom stereocenters. The van der Waals surface area contributed by atoms with E-state index in [1.165, 1.54) is 0 Å². The maximum atomic E-state index is 11.9. The van der Waals surface area contributed by atoms with Gasteiger partial charge in [0.1, 0.15) is 0 Å². The third kappa shape index (κ3) is 2.00. The lowest BCUT2D eigenvalue weighted by atomic mass is 10.1. The summed E-state index contributed by atoms with van der Waals surface area (Å²) in [6.45, 7) is 3.87. The predicted octanol–water partition coefficient (Wildman–Crippen LogP) is 2.42. The molecule has 0 atom stereocenters. The van der Waals surface area contributed by atoms with Crippen LogP contribution in [0.25, 0.3) is 0 Å². The molecule has 4 nitrogen and oxygen atoms in total. The number of hydrogen-bond acceptors (Lipinski definition) is 4. The molecule has 0 saturated carbocycles. The lowest BCUT2D eigenvalue weighted by Gasteiger charge is -1.94. The molecule has 2 rings (SSSR count).